The highest BCUT2D eigenvalue weighted by Crippen LogP contribution is 2.38. The quantitative estimate of drug-likeness (QED) is 0.560. The molecule has 2 N–H and O–H groups in total. The molecule has 5 nitrogen and oxygen atoms in total. The average molecular weight is 153 g/mol. The van der Waals surface area contributed by atoms with Crippen LogP contribution in [0.3, 0.4) is 0 Å². The molecule has 0 aromatic carbocycles. The Balaban J connectivity index is 3.53. The van der Waals surface area contributed by atoms with Crippen molar-refractivity contribution in [3.63, 3.8) is 0 Å². The minimum absolute atomic E-state index is 0.794. The van der Waals surface area contributed by atoms with Crippen LogP contribution in [0, 0.1) is 6.66 Å². The van der Waals surface area contributed by atoms with Crippen molar-refractivity contribution in [1.29, 1.82) is 0 Å². The second-order valence-electron chi connectivity index (χ2n) is 1.30. The maximum atomic E-state index is 10.1. The molecule has 0 amide bonds. The molecule has 0 saturated heterocycles. The summed E-state index contributed by atoms with van der Waals surface area (Å²) >= 11 is 0. The summed E-state index contributed by atoms with van der Waals surface area (Å²) in [4.78, 5) is 17.9. The fraction of sp³-hybridized carbons (Fsp3) is 0.333. The Morgan fingerprint density at radius 2 is 2.22 bits per heavy atom. The molecule has 0 fully saturated rings. The maximum absolute atomic E-state index is 10.1. The van der Waals surface area contributed by atoms with Gasteiger partial charge in [0, 0.05) is 0 Å². The minimum atomic E-state index is -3.85. The normalized spacial score (nSPS) is 16.7. The van der Waals surface area contributed by atoms with Crippen molar-refractivity contribution in [3.05, 3.63) is 6.66 Å². The van der Waals surface area contributed by atoms with Gasteiger partial charge in [0.1, 0.15) is 0 Å². The molecule has 1 atom stereocenters. The van der Waals surface area contributed by atoms with Crippen molar-refractivity contribution in [2.24, 2.45) is 0 Å². The average Bonchev–Trinajstić information content (AvgIpc) is 1.59. The van der Waals surface area contributed by atoms with Crippen LogP contribution in [0.15, 0.2) is 0 Å². The molecule has 0 aliphatic carbocycles. The van der Waals surface area contributed by atoms with Gasteiger partial charge in [-0.3, -0.25) is 9.09 Å². The standard InChI is InChI=1S/C3H6O5P/c1-9(6,7)8-2-3(4)5/h1-2H2,(H,4,5)(H,6,7). The first-order valence-corrected chi connectivity index (χ1v) is 3.71. The second kappa shape index (κ2) is 2.96. The Bertz CT molecular complexity index is 146. The lowest BCUT2D eigenvalue weighted by Crippen LogP contribution is -2.04. The van der Waals surface area contributed by atoms with E-state index in [1.807, 2.05) is 0 Å². The molecule has 0 spiro atoms. The van der Waals surface area contributed by atoms with Crippen molar-refractivity contribution in [1.82, 2.24) is 0 Å². The summed E-state index contributed by atoms with van der Waals surface area (Å²) in [6.45, 7) is 1.87. The highest BCUT2D eigenvalue weighted by atomic mass is 31.2. The zero-order chi connectivity index (χ0) is 7.49. The SMILES string of the molecule is [CH2]P(=O)(O)OCC(=O)O. The summed E-state index contributed by atoms with van der Waals surface area (Å²) in [7, 11) is -3.85. The first-order valence-electron chi connectivity index (χ1n) is 1.95. The van der Waals surface area contributed by atoms with Crippen LogP contribution in [0.2, 0.25) is 0 Å². The topological polar surface area (TPSA) is 83.8 Å². The molecule has 0 bridgehead atoms. The first kappa shape index (κ1) is 8.62. The summed E-state index contributed by atoms with van der Waals surface area (Å²) in [6, 6.07) is 0. The Labute approximate surface area is 51.8 Å². The van der Waals surface area contributed by atoms with Crippen LogP contribution in [-0.4, -0.2) is 22.6 Å². The predicted molar refractivity (Wildman–Crippen MR) is 28.8 cm³/mol. The van der Waals surface area contributed by atoms with Gasteiger partial charge >= 0.3 is 13.6 Å². The van der Waals surface area contributed by atoms with Crippen molar-refractivity contribution in [2.45, 2.75) is 0 Å². The lowest BCUT2D eigenvalue weighted by molar-refractivity contribution is -0.139. The third-order valence-corrected chi connectivity index (χ3v) is 0.922. The molecule has 0 heterocycles. The van der Waals surface area contributed by atoms with Crippen molar-refractivity contribution < 1.29 is 23.9 Å². The van der Waals surface area contributed by atoms with Gasteiger partial charge in [-0.25, -0.2) is 4.79 Å². The highest BCUT2D eigenvalue weighted by Gasteiger charge is 2.11. The number of carbonyl (C=O) groups is 1. The molecule has 0 saturated carbocycles. The van der Waals surface area contributed by atoms with E-state index < -0.39 is 20.2 Å². The van der Waals surface area contributed by atoms with Gasteiger partial charge in [0.25, 0.3) is 0 Å². The lowest BCUT2D eigenvalue weighted by atomic mass is 10.8. The summed E-state index contributed by atoms with van der Waals surface area (Å²) < 4.78 is 14.0. The van der Waals surface area contributed by atoms with Gasteiger partial charge in [-0.05, 0) is 0 Å². The summed E-state index contributed by atoms with van der Waals surface area (Å²) in [5.41, 5.74) is 0. The Hall–Kier alpha value is -0.380. The molecule has 1 unspecified atom stereocenters. The Kier molecular flexibility index (Phi) is 2.84. The van der Waals surface area contributed by atoms with Gasteiger partial charge in [0.2, 0.25) is 0 Å². The van der Waals surface area contributed by atoms with Crippen LogP contribution in [0.5, 0.6) is 0 Å². The molecular weight excluding hydrogens is 147 g/mol. The van der Waals surface area contributed by atoms with Crippen LogP contribution in [0.4, 0.5) is 0 Å². The molecule has 0 aromatic rings. The van der Waals surface area contributed by atoms with Crippen LogP contribution < -0.4 is 0 Å². The van der Waals surface area contributed by atoms with E-state index in [1.165, 1.54) is 0 Å². The molecular formula is C3H6O5P. The van der Waals surface area contributed by atoms with Crippen molar-refractivity contribution in [2.75, 3.05) is 6.61 Å². The number of rotatable bonds is 3. The van der Waals surface area contributed by atoms with Crippen LogP contribution in [0.25, 0.3) is 0 Å². The van der Waals surface area contributed by atoms with Crippen molar-refractivity contribution in [3.8, 4) is 0 Å². The van der Waals surface area contributed by atoms with Crippen molar-refractivity contribution >= 4 is 13.6 Å². The molecule has 1 radical (unpaired) electrons. The second-order valence-corrected chi connectivity index (χ2v) is 2.84. The highest BCUT2D eigenvalue weighted by molar-refractivity contribution is 7.54. The summed E-state index contributed by atoms with van der Waals surface area (Å²) in [6.07, 6.45) is 0. The monoisotopic (exact) mass is 153 g/mol. The van der Waals surface area contributed by atoms with E-state index in [9.17, 15) is 9.36 Å². The van der Waals surface area contributed by atoms with Gasteiger partial charge in [0.15, 0.2) is 6.61 Å². The Morgan fingerprint density at radius 3 is 2.33 bits per heavy atom. The van der Waals surface area contributed by atoms with E-state index in [0.717, 1.165) is 0 Å². The van der Waals surface area contributed by atoms with E-state index in [1.54, 1.807) is 0 Å². The Morgan fingerprint density at radius 1 is 1.78 bits per heavy atom. The van der Waals surface area contributed by atoms with E-state index in [2.05, 4.69) is 11.2 Å². The summed E-state index contributed by atoms with van der Waals surface area (Å²) in [5.74, 6) is -1.30. The van der Waals surface area contributed by atoms with Gasteiger partial charge in [-0.1, -0.05) is 0 Å². The molecule has 0 aromatic heterocycles. The largest absolute Gasteiger partial charge is 0.480 e. The zero-order valence-electron chi connectivity index (χ0n) is 4.48. The predicted octanol–water partition coefficient (Wildman–Crippen LogP) is 0.0646. The van der Waals surface area contributed by atoms with Gasteiger partial charge in [-0.2, -0.15) is 0 Å². The third kappa shape index (κ3) is 7.62. The molecule has 53 valence electrons. The van der Waals surface area contributed by atoms with E-state index in [0.29, 0.717) is 0 Å². The molecule has 9 heavy (non-hydrogen) atoms. The number of carboxylic acids is 1. The molecule has 0 rings (SSSR count). The third-order valence-electron chi connectivity index (χ3n) is 0.390. The molecule has 0 aliphatic heterocycles. The van der Waals surface area contributed by atoms with E-state index in [4.69, 9.17) is 10.00 Å². The smallest absolute Gasteiger partial charge is 0.330 e. The van der Waals surface area contributed by atoms with Crippen LogP contribution >= 0.6 is 7.60 Å². The first-order chi connectivity index (χ1) is 3.92. The zero-order valence-corrected chi connectivity index (χ0v) is 5.38. The number of carboxylic acid groups (broad SMARTS) is 1. The molecule has 6 heteroatoms. The number of hydrogen-bond acceptors (Lipinski definition) is 3. The fourth-order valence-electron chi connectivity index (χ4n) is 0.156. The number of hydrogen-bond donors (Lipinski definition) is 2. The van der Waals surface area contributed by atoms with Gasteiger partial charge < -0.3 is 10.00 Å². The van der Waals surface area contributed by atoms with Crippen LogP contribution in [0.1, 0.15) is 0 Å². The van der Waals surface area contributed by atoms with E-state index >= 15 is 0 Å². The maximum Gasteiger partial charge on any atom is 0.330 e. The fourth-order valence-corrected chi connectivity index (χ4v) is 0.468. The minimum Gasteiger partial charge on any atom is -0.480 e. The molecule has 0 aliphatic rings. The van der Waals surface area contributed by atoms with Gasteiger partial charge in [-0.15, -0.1) is 0 Å². The number of aliphatic carboxylic acids is 1. The lowest BCUT2D eigenvalue weighted by Gasteiger charge is -2.01. The van der Waals surface area contributed by atoms with E-state index in [-0.39, 0.29) is 0 Å². The summed E-state index contributed by atoms with van der Waals surface area (Å²) in [5, 5.41) is 7.89. The van der Waals surface area contributed by atoms with Crippen LogP contribution in [-0.2, 0) is 13.9 Å². The van der Waals surface area contributed by atoms with Gasteiger partial charge in [0.05, 0.1) is 6.66 Å².